The quantitative estimate of drug-likeness (QED) is 0.423. The summed E-state index contributed by atoms with van der Waals surface area (Å²) < 4.78 is 4.82. The lowest BCUT2D eigenvalue weighted by atomic mass is 10.0. The third-order valence-corrected chi connectivity index (χ3v) is 3.12. The number of Topliss-reactive ketones (excluding diaryl/α,β-unsaturated/α-hetero) is 1. The molecule has 1 aliphatic heterocycles. The van der Waals surface area contributed by atoms with Crippen molar-refractivity contribution in [3.05, 3.63) is 0 Å². The molecule has 102 valence electrons. The third kappa shape index (κ3) is 4.13. The van der Waals surface area contributed by atoms with Crippen molar-refractivity contribution in [1.82, 2.24) is 5.32 Å². The van der Waals surface area contributed by atoms with Crippen LogP contribution >= 0.6 is 0 Å². The fraction of sp³-hybridized carbons (Fsp3) is 0.769. The first-order valence-corrected chi connectivity index (χ1v) is 6.48. The lowest BCUT2D eigenvalue weighted by molar-refractivity contribution is -0.145. The van der Waals surface area contributed by atoms with E-state index in [1.165, 1.54) is 0 Å². The summed E-state index contributed by atoms with van der Waals surface area (Å²) in [6.07, 6.45) is 3.61. The molecule has 0 unspecified atom stereocenters. The summed E-state index contributed by atoms with van der Waals surface area (Å²) in [6, 6.07) is 0. The van der Waals surface area contributed by atoms with Crippen LogP contribution in [0.1, 0.15) is 52.4 Å². The molecule has 1 saturated heterocycles. The summed E-state index contributed by atoms with van der Waals surface area (Å²) >= 11 is 0. The molecule has 0 radical (unpaired) electrons. The second-order valence-corrected chi connectivity index (χ2v) is 4.94. The molecule has 1 amide bonds. The SMILES string of the molecule is CCCCCC(=O)CC(=O)N[C@@]1(C)CCOC1=O. The summed E-state index contributed by atoms with van der Waals surface area (Å²) in [5, 5.41) is 2.59. The number of hydrogen-bond acceptors (Lipinski definition) is 4. The molecule has 1 heterocycles. The van der Waals surface area contributed by atoms with Crippen molar-refractivity contribution in [3.63, 3.8) is 0 Å². The highest BCUT2D eigenvalue weighted by atomic mass is 16.5. The number of carbonyl (C=O) groups excluding carboxylic acids is 3. The molecule has 1 aliphatic rings. The minimum atomic E-state index is -0.958. The van der Waals surface area contributed by atoms with Gasteiger partial charge in [-0.3, -0.25) is 9.59 Å². The summed E-state index contributed by atoms with van der Waals surface area (Å²) in [7, 11) is 0. The van der Waals surface area contributed by atoms with Crippen LogP contribution in [0, 0.1) is 0 Å². The minimum Gasteiger partial charge on any atom is -0.464 e. The van der Waals surface area contributed by atoms with Gasteiger partial charge in [0, 0.05) is 12.8 Å². The van der Waals surface area contributed by atoms with Crippen LogP contribution in [0.4, 0.5) is 0 Å². The van der Waals surface area contributed by atoms with Crippen LogP contribution in [-0.2, 0) is 19.1 Å². The Balaban J connectivity index is 2.33. The van der Waals surface area contributed by atoms with E-state index in [-0.39, 0.29) is 12.2 Å². The fourth-order valence-corrected chi connectivity index (χ4v) is 1.91. The summed E-state index contributed by atoms with van der Waals surface area (Å²) in [6.45, 7) is 4.01. The molecule has 1 fully saturated rings. The van der Waals surface area contributed by atoms with E-state index in [9.17, 15) is 14.4 Å². The number of hydrogen-bond donors (Lipinski definition) is 1. The van der Waals surface area contributed by atoms with Crippen LogP contribution < -0.4 is 5.32 Å². The Hall–Kier alpha value is -1.39. The van der Waals surface area contributed by atoms with Gasteiger partial charge in [-0.2, -0.15) is 0 Å². The molecule has 1 atom stereocenters. The van der Waals surface area contributed by atoms with E-state index >= 15 is 0 Å². The molecular formula is C13H21NO4. The molecule has 1 rings (SSSR count). The van der Waals surface area contributed by atoms with Crippen molar-refractivity contribution in [2.75, 3.05) is 6.61 Å². The van der Waals surface area contributed by atoms with E-state index in [1.807, 2.05) is 0 Å². The number of unbranched alkanes of at least 4 members (excludes halogenated alkanes) is 2. The maximum Gasteiger partial charge on any atom is 0.331 e. The summed E-state index contributed by atoms with van der Waals surface area (Å²) in [5.74, 6) is -0.886. The van der Waals surface area contributed by atoms with Crippen LogP contribution in [0.5, 0.6) is 0 Å². The van der Waals surface area contributed by atoms with E-state index in [4.69, 9.17) is 4.74 Å². The third-order valence-electron chi connectivity index (χ3n) is 3.12. The number of cyclic esters (lactones) is 1. The number of ketones is 1. The molecule has 0 saturated carbocycles. The number of amides is 1. The van der Waals surface area contributed by atoms with Crippen LogP contribution in [0.25, 0.3) is 0 Å². The van der Waals surface area contributed by atoms with Crippen molar-refractivity contribution in [1.29, 1.82) is 0 Å². The van der Waals surface area contributed by atoms with Crippen LogP contribution in [0.15, 0.2) is 0 Å². The maximum atomic E-state index is 11.7. The minimum absolute atomic E-state index is 0.0732. The number of nitrogens with one attached hydrogen (secondary N) is 1. The van der Waals surface area contributed by atoms with Crippen molar-refractivity contribution < 1.29 is 19.1 Å². The number of ether oxygens (including phenoxy) is 1. The largest absolute Gasteiger partial charge is 0.464 e. The maximum absolute atomic E-state index is 11.7. The predicted octanol–water partition coefficient (Wildman–Crippen LogP) is 1.35. The van der Waals surface area contributed by atoms with Gasteiger partial charge in [0.1, 0.15) is 11.3 Å². The van der Waals surface area contributed by atoms with Gasteiger partial charge >= 0.3 is 5.97 Å². The first-order valence-electron chi connectivity index (χ1n) is 6.48. The van der Waals surface area contributed by atoms with E-state index in [0.717, 1.165) is 19.3 Å². The molecule has 0 aliphatic carbocycles. The second kappa shape index (κ2) is 6.52. The zero-order valence-electron chi connectivity index (χ0n) is 11.1. The van der Waals surface area contributed by atoms with Gasteiger partial charge in [-0.15, -0.1) is 0 Å². The van der Waals surface area contributed by atoms with Gasteiger partial charge in [-0.1, -0.05) is 19.8 Å². The summed E-state index contributed by atoms with van der Waals surface area (Å²) in [4.78, 5) is 34.6. The highest BCUT2D eigenvalue weighted by molar-refractivity contribution is 6.00. The monoisotopic (exact) mass is 255 g/mol. The molecule has 0 bridgehead atoms. The highest BCUT2D eigenvalue weighted by Gasteiger charge is 2.41. The molecule has 5 heteroatoms. The van der Waals surface area contributed by atoms with Crippen molar-refractivity contribution in [2.45, 2.75) is 57.9 Å². The van der Waals surface area contributed by atoms with Crippen LogP contribution in [0.2, 0.25) is 0 Å². The standard InChI is InChI=1S/C13H21NO4/c1-3-4-5-6-10(15)9-11(16)14-13(2)7-8-18-12(13)17/h3-9H2,1-2H3,(H,14,16)/t13-/m0/s1. The first kappa shape index (κ1) is 14.7. The van der Waals surface area contributed by atoms with Gasteiger partial charge in [0.05, 0.1) is 13.0 Å². The number of carbonyl (C=O) groups is 3. The van der Waals surface area contributed by atoms with E-state index < -0.39 is 17.4 Å². The van der Waals surface area contributed by atoms with Gasteiger partial charge < -0.3 is 10.1 Å². The Morgan fingerprint density at radius 1 is 1.39 bits per heavy atom. The Morgan fingerprint density at radius 2 is 2.11 bits per heavy atom. The molecule has 18 heavy (non-hydrogen) atoms. The molecule has 0 aromatic heterocycles. The van der Waals surface area contributed by atoms with Gasteiger partial charge in [-0.05, 0) is 13.3 Å². The van der Waals surface area contributed by atoms with Gasteiger partial charge in [0.15, 0.2) is 0 Å². The summed E-state index contributed by atoms with van der Waals surface area (Å²) in [5.41, 5.74) is -0.958. The van der Waals surface area contributed by atoms with Crippen molar-refractivity contribution in [3.8, 4) is 0 Å². The van der Waals surface area contributed by atoms with E-state index in [1.54, 1.807) is 6.92 Å². The van der Waals surface area contributed by atoms with Crippen molar-refractivity contribution in [2.24, 2.45) is 0 Å². The predicted molar refractivity (Wildman–Crippen MR) is 65.9 cm³/mol. The van der Waals surface area contributed by atoms with Gasteiger partial charge in [-0.25, -0.2) is 4.79 Å². The molecule has 0 spiro atoms. The Bertz CT molecular complexity index is 340. The first-order chi connectivity index (χ1) is 8.48. The van der Waals surface area contributed by atoms with E-state index in [2.05, 4.69) is 12.2 Å². The molecule has 0 aromatic rings. The highest BCUT2D eigenvalue weighted by Crippen LogP contribution is 2.19. The molecule has 1 N–H and O–H groups in total. The molecule has 0 aromatic carbocycles. The Kier molecular flexibility index (Phi) is 5.31. The Labute approximate surface area is 107 Å². The molecule has 5 nitrogen and oxygen atoms in total. The zero-order chi connectivity index (χ0) is 13.6. The average Bonchev–Trinajstić information content (AvgIpc) is 2.58. The smallest absolute Gasteiger partial charge is 0.331 e. The number of esters is 1. The van der Waals surface area contributed by atoms with Crippen molar-refractivity contribution >= 4 is 17.7 Å². The van der Waals surface area contributed by atoms with Gasteiger partial charge in [0.2, 0.25) is 5.91 Å². The Morgan fingerprint density at radius 3 is 2.67 bits per heavy atom. The second-order valence-electron chi connectivity index (χ2n) is 4.94. The van der Waals surface area contributed by atoms with E-state index in [0.29, 0.717) is 19.4 Å². The zero-order valence-corrected chi connectivity index (χ0v) is 11.1. The molecular weight excluding hydrogens is 234 g/mol. The lowest BCUT2D eigenvalue weighted by Gasteiger charge is -2.20. The lowest BCUT2D eigenvalue weighted by Crippen LogP contribution is -2.49. The normalized spacial score (nSPS) is 22.7. The van der Waals surface area contributed by atoms with Gasteiger partial charge in [0.25, 0.3) is 0 Å². The average molecular weight is 255 g/mol. The number of rotatable bonds is 7. The topological polar surface area (TPSA) is 72.5 Å². The fourth-order valence-electron chi connectivity index (χ4n) is 1.91. The van der Waals surface area contributed by atoms with Crippen LogP contribution in [-0.4, -0.2) is 29.8 Å². The van der Waals surface area contributed by atoms with Crippen LogP contribution in [0.3, 0.4) is 0 Å².